The fraction of sp³-hybridized carbons (Fsp3) is 0.385. The van der Waals surface area contributed by atoms with E-state index in [1.165, 1.54) is 11.0 Å². The second kappa shape index (κ2) is 6.90. The third-order valence-electron chi connectivity index (χ3n) is 2.90. The summed E-state index contributed by atoms with van der Waals surface area (Å²) in [5.41, 5.74) is 5.02. The molecular weight excluding hydrogens is 296 g/mol. The Labute approximate surface area is 127 Å². The first-order chi connectivity index (χ1) is 9.79. The minimum Gasteiger partial charge on any atom is -0.392 e. The lowest BCUT2D eigenvalue weighted by molar-refractivity contribution is -0.383. The SMILES string of the molecule is CC(C)N(CCC#N)C(=O)c1cc(Cl)c(N)c([N+](=O)[O-])c1. The van der Waals surface area contributed by atoms with Crippen LogP contribution in [0.3, 0.4) is 0 Å². The van der Waals surface area contributed by atoms with Gasteiger partial charge in [0.2, 0.25) is 0 Å². The summed E-state index contributed by atoms with van der Waals surface area (Å²) in [4.78, 5) is 24.1. The van der Waals surface area contributed by atoms with Crippen molar-refractivity contribution in [1.29, 1.82) is 5.26 Å². The molecule has 1 amide bonds. The van der Waals surface area contributed by atoms with Crippen LogP contribution in [0.5, 0.6) is 0 Å². The van der Waals surface area contributed by atoms with Gasteiger partial charge in [-0.2, -0.15) is 5.26 Å². The van der Waals surface area contributed by atoms with Crippen LogP contribution in [0.15, 0.2) is 12.1 Å². The molecule has 0 unspecified atom stereocenters. The first-order valence-corrected chi connectivity index (χ1v) is 6.58. The van der Waals surface area contributed by atoms with E-state index in [1.54, 1.807) is 13.8 Å². The molecule has 0 spiro atoms. The van der Waals surface area contributed by atoms with Gasteiger partial charge in [-0.15, -0.1) is 0 Å². The second-order valence-electron chi connectivity index (χ2n) is 4.65. The minimum absolute atomic E-state index is 0.0449. The van der Waals surface area contributed by atoms with Gasteiger partial charge in [-0.1, -0.05) is 11.6 Å². The maximum Gasteiger partial charge on any atom is 0.294 e. The lowest BCUT2D eigenvalue weighted by Crippen LogP contribution is -2.37. The number of carbonyl (C=O) groups excluding carboxylic acids is 1. The monoisotopic (exact) mass is 310 g/mol. The molecule has 0 bridgehead atoms. The number of nitrogen functional groups attached to an aromatic ring is 1. The lowest BCUT2D eigenvalue weighted by atomic mass is 10.1. The second-order valence-corrected chi connectivity index (χ2v) is 5.06. The van der Waals surface area contributed by atoms with Crippen LogP contribution >= 0.6 is 11.6 Å². The van der Waals surface area contributed by atoms with Crippen molar-refractivity contribution < 1.29 is 9.72 Å². The van der Waals surface area contributed by atoms with Crippen molar-refractivity contribution in [3.63, 3.8) is 0 Å². The van der Waals surface area contributed by atoms with E-state index >= 15 is 0 Å². The van der Waals surface area contributed by atoms with Gasteiger partial charge < -0.3 is 10.6 Å². The van der Waals surface area contributed by atoms with E-state index in [1.807, 2.05) is 6.07 Å². The number of anilines is 1. The molecule has 1 aromatic carbocycles. The number of benzene rings is 1. The molecule has 0 atom stereocenters. The number of carbonyl (C=O) groups is 1. The van der Waals surface area contributed by atoms with Crippen molar-refractivity contribution in [3.8, 4) is 6.07 Å². The van der Waals surface area contributed by atoms with Gasteiger partial charge in [0, 0.05) is 24.2 Å². The standard InChI is InChI=1S/C13H15ClN4O3/c1-8(2)17(5-3-4-15)13(19)9-6-10(14)12(16)11(7-9)18(20)21/h6-8H,3,5,16H2,1-2H3. The van der Waals surface area contributed by atoms with Gasteiger partial charge in [0.15, 0.2) is 0 Å². The number of nitro benzene ring substituents is 1. The molecule has 0 aliphatic carbocycles. The number of rotatable bonds is 5. The summed E-state index contributed by atoms with van der Waals surface area (Å²) >= 11 is 5.84. The molecule has 0 fully saturated rings. The highest BCUT2D eigenvalue weighted by atomic mass is 35.5. The Morgan fingerprint density at radius 1 is 1.57 bits per heavy atom. The minimum atomic E-state index is -0.688. The zero-order valence-corrected chi connectivity index (χ0v) is 12.4. The van der Waals surface area contributed by atoms with Gasteiger partial charge >= 0.3 is 0 Å². The highest BCUT2D eigenvalue weighted by molar-refractivity contribution is 6.34. The Kier molecular flexibility index (Phi) is 5.50. The van der Waals surface area contributed by atoms with Crippen molar-refractivity contribution in [3.05, 3.63) is 32.8 Å². The number of nitriles is 1. The molecule has 0 aromatic heterocycles. The van der Waals surface area contributed by atoms with Gasteiger partial charge in [0.25, 0.3) is 11.6 Å². The number of amides is 1. The molecule has 0 radical (unpaired) electrons. The van der Waals surface area contributed by atoms with Crippen LogP contribution in [-0.2, 0) is 0 Å². The van der Waals surface area contributed by atoms with E-state index < -0.39 is 16.5 Å². The number of hydrogen-bond donors (Lipinski definition) is 1. The maximum absolute atomic E-state index is 12.4. The highest BCUT2D eigenvalue weighted by Crippen LogP contribution is 2.31. The molecule has 0 saturated carbocycles. The van der Waals surface area contributed by atoms with E-state index in [0.29, 0.717) is 0 Å². The molecule has 2 N–H and O–H groups in total. The Bertz CT molecular complexity index is 610. The van der Waals surface area contributed by atoms with Gasteiger partial charge in [0.05, 0.1) is 22.4 Å². The molecular formula is C13H15ClN4O3. The highest BCUT2D eigenvalue weighted by Gasteiger charge is 2.23. The van der Waals surface area contributed by atoms with Crippen molar-refractivity contribution in [2.75, 3.05) is 12.3 Å². The van der Waals surface area contributed by atoms with Crippen molar-refractivity contribution in [1.82, 2.24) is 4.90 Å². The van der Waals surface area contributed by atoms with E-state index in [0.717, 1.165) is 6.07 Å². The summed E-state index contributed by atoms with van der Waals surface area (Å²) in [5, 5.41) is 19.5. The van der Waals surface area contributed by atoms with Gasteiger partial charge in [-0.3, -0.25) is 14.9 Å². The molecule has 0 saturated heterocycles. The lowest BCUT2D eigenvalue weighted by Gasteiger charge is -2.26. The van der Waals surface area contributed by atoms with Crippen LogP contribution in [0, 0.1) is 21.4 Å². The summed E-state index contributed by atoms with van der Waals surface area (Å²) in [6, 6.07) is 4.21. The van der Waals surface area contributed by atoms with E-state index in [-0.39, 0.29) is 35.3 Å². The number of halogens is 1. The summed E-state index contributed by atoms with van der Waals surface area (Å²) in [7, 11) is 0. The van der Waals surface area contributed by atoms with Crippen LogP contribution in [0.25, 0.3) is 0 Å². The Hall–Kier alpha value is -2.33. The molecule has 0 heterocycles. The predicted octanol–water partition coefficient (Wildman–Crippen LogP) is 2.59. The third kappa shape index (κ3) is 3.83. The van der Waals surface area contributed by atoms with E-state index in [2.05, 4.69) is 0 Å². The molecule has 1 aromatic rings. The zero-order valence-electron chi connectivity index (χ0n) is 11.7. The molecule has 8 heteroatoms. The summed E-state index contributed by atoms with van der Waals surface area (Å²) < 4.78 is 0. The Balaban J connectivity index is 3.22. The quantitative estimate of drug-likeness (QED) is 0.510. The summed E-state index contributed by atoms with van der Waals surface area (Å²) in [6.07, 6.45) is 0.175. The van der Waals surface area contributed by atoms with E-state index in [4.69, 9.17) is 22.6 Å². The average Bonchev–Trinajstić information content (AvgIpc) is 2.41. The number of nitrogens with zero attached hydrogens (tertiary/aromatic N) is 3. The average molecular weight is 311 g/mol. The molecule has 21 heavy (non-hydrogen) atoms. The molecule has 112 valence electrons. The summed E-state index contributed by atoms with van der Waals surface area (Å²) in [6.45, 7) is 3.83. The predicted molar refractivity (Wildman–Crippen MR) is 78.9 cm³/mol. The molecule has 7 nitrogen and oxygen atoms in total. The van der Waals surface area contributed by atoms with Crippen molar-refractivity contribution in [2.45, 2.75) is 26.3 Å². The normalized spacial score (nSPS) is 10.2. The largest absolute Gasteiger partial charge is 0.392 e. The maximum atomic E-state index is 12.4. The van der Waals surface area contributed by atoms with Gasteiger partial charge in [0.1, 0.15) is 5.69 Å². The molecule has 0 aliphatic heterocycles. The third-order valence-corrected chi connectivity index (χ3v) is 3.21. The van der Waals surface area contributed by atoms with Crippen LogP contribution in [-0.4, -0.2) is 28.3 Å². The smallest absolute Gasteiger partial charge is 0.294 e. The fourth-order valence-electron chi connectivity index (χ4n) is 1.81. The fourth-order valence-corrected chi connectivity index (χ4v) is 2.02. The molecule has 1 rings (SSSR count). The van der Waals surface area contributed by atoms with Gasteiger partial charge in [-0.05, 0) is 19.9 Å². The Morgan fingerprint density at radius 2 is 2.19 bits per heavy atom. The first kappa shape index (κ1) is 16.7. The number of nitro groups is 1. The number of hydrogen-bond acceptors (Lipinski definition) is 5. The Morgan fingerprint density at radius 3 is 2.67 bits per heavy atom. The zero-order chi connectivity index (χ0) is 16.2. The number of nitrogens with two attached hydrogens (primary N) is 1. The van der Waals surface area contributed by atoms with Crippen LogP contribution in [0.2, 0.25) is 5.02 Å². The van der Waals surface area contributed by atoms with Crippen molar-refractivity contribution >= 4 is 28.9 Å². The van der Waals surface area contributed by atoms with Gasteiger partial charge in [-0.25, -0.2) is 0 Å². The topological polar surface area (TPSA) is 113 Å². The first-order valence-electron chi connectivity index (χ1n) is 6.21. The van der Waals surface area contributed by atoms with E-state index in [9.17, 15) is 14.9 Å². The van der Waals surface area contributed by atoms with Crippen LogP contribution in [0.4, 0.5) is 11.4 Å². The molecule has 0 aliphatic rings. The van der Waals surface area contributed by atoms with Crippen LogP contribution < -0.4 is 5.73 Å². The van der Waals surface area contributed by atoms with Crippen molar-refractivity contribution in [2.24, 2.45) is 0 Å². The summed E-state index contributed by atoms with van der Waals surface area (Å²) in [5.74, 6) is -0.426. The van der Waals surface area contributed by atoms with Crippen LogP contribution in [0.1, 0.15) is 30.6 Å².